The minimum Gasteiger partial charge on any atom is -0.390 e. The van der Waals surface area contributed by atoms with Crippen LogP contribution in [0.1, 0.15) is 103 Å². The molecule has 0 aromatic carbocycles. The molecule has 0 saturated carbocycles. The summed E-state index contributed by atoms with van der Waals surface area (Å²) in [6.45, 7) is 7.29. The molecule has 1 saturated heterocycles. The van der Waals surface area contributed by atoms with E-state index in [1.165, 1.54) is 16.9 Å². The molecule has 14 heteroatoms. The van der Waals surface area contributed by atoms with E-state index in [1.807, 2.05) is 25.7 Å². The molecule has 7 heterocycles. The fraction of sp³-hybridized carbons (Fsp3) is 0.556. The summed E-state index contributed by atoms with van der Waals surface area (Å²) in [6.07, 6.45) is 14.0. The predicted octanol–water partition coefficient (Wildman–Crippen LogP) is 5.61. The lowest BCUT2D eigenvalue weighted by Crippen LogP contribution is -2.35. The third kappa shape index (κ3) is 4.78. The first-order chi connectivity index (χ1) is 24.4. The van der Waals surface area contributed by atoms with E-state index < -0.39 is 0 Å². The molecule has 2 aliphatic carbocycles. The molecule has 262 valence electrons. The maximum atomic E-state index is 6.62. The summed E-state index contributed by atoms with van der Waals surface area (Å²) >= 11 is 1.70. The molecular formula is C36H45N11O2S. The number of H-pyrrole nitrogens is 1. The Kier molecular flexibility index (Phi) is 7.81. The number of ether oxygens (including phenoxy) is 1. The first kappa shape index (κ1) is 31.8. The highest BCUT2D eigenvalue weighted by Gasteiger charge is 2.48. The average molecular weight is 696 g/mol. The lowest BCUT2D eigenvalue weighted by molar-refractivity contribution is 0.118. The van der Waals surface area contributed by atoms with Gasteiger partial charge in [0, 0.05) is 47.4 Å². The molecule has 1 spiro atoms. The summed E-state index contributed by atoms with van der Waals surface area (Å²) in [7, 11) is 4.02. The first-order valence-corrected chi connectivity index (χ1v) is 18.9. The third-order valence-electron chi connectivity index (χ3n) is 11.9. The lowest BCUT2D eigenvalue weighted by Gasteiger charge is -2.39. The van der Waals surface area contributed by atoms with Crippen LogP contribution < -0.4 is 10.6 Å². The lowest BCUT2D eigenvalue weighted by atomic mass is 9.63. The number of nitrogens with two attached hydrogens (primary N) is 1. The number of aromatic nitrogens is 7. The van der Waals surface area contributed by atoms with E-state index in [1.54, 1.807) is 11.3 Å². The molecule has 1 fully saturated rings. The van der Waals surface area contributed by atoms with E-state index in [4.69, 9.17) is 35.2 Å². The normalized spacial score (nSPS) is 24.8. The second kappa shape index (κ2) is 12.3. The zero-order valence-electron chi connectivity index (χ0n) is 29.3. The average Bonchev–Trinajstić information content (AvgIpc) is 3.95. The summed E-state index contributed by atoms with van der Waals surface area (Å²) in [6, 6.07) is 0.502. The summed E-state index contributed by atoms with van der Waals surface area (Å²) in [5.74, 6) is 2.34. The van der Waals surface area contributed by atoms with Gasteiger partial charge >= 0.3 is 0 Å². The number of aryl methyl sites for hydroxylation is 1. The molecule has 3 N–H and O–H groups in total. The van der Waals surface area contributed by atoms with Crippen LogP contribution in [-0.2, 0) is 29.6 Å². The number of rotatable bonds is 5. The molecule has 4 atom stereocenters. The largest absolute Gasteiger partial charge is 0.390 e. The van der Waals surface area contributed by atoms with Crippen molar-refractivity contribution in [2.45, 2.75) is 95.4 Å². The van der Waals surface area contributed by atoms with Crippen molar-refractivity contribution in [2.75, 3.05) is 44.4 Å². The van der Waals surface area contributed by atoms with Gasteiger partial charge < -0.3 is 24.8 Å². The molecule has 0 bridgehead atoms. The summed E-state index contributed by atoms with van der Waals surface area (Å²) < 4.78 is 14.7. The Bertz CT molecular complexity index is 2090. The number of hydrogen-bond donors (Lipinski definition) is 2. The number of hydrogen-bond acceptors (Lipinski definition) is 12. The maximum Gasteiger partial charge on any atom is 0.186 e. The van der Waals surface area contributed by atoms with E-state index in [2.05, 4.69) is 50.6 Å². The number of nitrogens with one attached hydrogen (secondary N) is 1. The van der Waals surface area contributed by atoms with Crippen LogP contribution in [0.4, 0.5) is 10.8 Å². The van der Waals surface area contributed by atoms with Crippen LogP contribution in [0.25, 0.3) is 22.6 Å². The molecule has 5 aromatic heterocycles. The van der Waals surface area contributed by atoms with Gasteiger partial charge in [0.15, 0.2) is 22.9 Å². The number of likely N-dealkylation sites (tertiary alicyclic amines) is 1. The molecule has 50 heavy (non-hydrogen) atoms. The number of likely N-dealkylation sites (N-methyl/N-ethyl adjacent to an activating group) is 1. The number of aliphatic imine (C=N–C) groups is 1. The fourth-order valence-electron chi connectivity index (χ4n) is 9.42. The van der Waals surface area contributed by atoms with Crippen LogP contribution in [0.2, 0.25) is 0 Å². The van der Waals surface area contributed by atoms with Crippen LogP contribution in [0.5, 0.6) is 0 Å². The van der Waals surface area contributed by atoms with E-state index >= 15 is 0 Å². The van der Waals surface area contributed by atoms with Crippen molar-refractivity contribution in [3.63, 3.8) is 0 Å². The zero-order valence-corrected chi connectivity index (χ0v) is 30.1. The number of nitrogen functional groups attached to an aromatic ring is 1. The summed E-state index contributed by atoms with van der Waals surface area (Å²) in [5.41, 5.74) is 13.4. The standard InChI is InChI=1S/C36H45N11O2S/c1-20-23-17-39-43-26(23)19-48-15-14-46(20)34-25-18-40-47(21(2)27-9-7-13-45(27)4)35(25)42-33(41-34)30-22-8-5-11-36(31(22)49-44-30)12-6-10-28-29(36)24(16-38-3)32(37)50-28/h16-18,20-21,27H,5-15,19,37H2,1-4H3,(H,39,43)/t20-,21-,27?,36-/m0/s1. The van der Waals surface area contributed by atoms with Crippen molar-refractivity contribution < 1.29 is 9.26 Å². The van der Waals surface area contributed by atoms with Crippen LogP contribution in [0.3, 0.4) is 0 Å². The van der Waals surface area contributed by atoms with E-state index in [0.717, 1.165) is 107 Å². The zero-order chi connectivity index (χ0) is 34.1. The monoisotopic (exact) mass is 695 g/mol. The number of nitrogens with zero attached hydrogens (tertiary/aromatic N) is 9. The Balaban J connectivity index is 1.22. The van der Waals surface area contributed by atoms with Gasteiger partial charge in [-0.25, -0.2) is 14.6 Å². The summed E-state index contributed by atoms with van der Waals surface area (Å²) in [4.78, 5) is 21.2. The molecule has 9 rings (SSSR count). The van der Waals surface area contributed by atoms with Crippen molar-refractivity contribution in [3.8, 4) is 11.5 Å². The van der Waals surface area contributed by atoms with Crippen molar-refractivity contribution in [2.24, 2.45) is 4.99 Å². The van der Waals surface area contributed by atoms with Crippen molar-refractivity contribution in [1.29, 1.82) is 0 Å². The van der Waals surface area contributed by atoms with Gasteiger partial charge in [-0.15, -0.1) is 11.3 Å². The highest BCUT2D eigenvalue weighted by Crippen LogP contribution is 2.55. The Morgan fingerprint density at radius 1 is 1.16 bits per heavy atom. The van der Waals surface area contributed by atoms with E-state index in [9.17, 15) is 0 Å². The van der Waals surface area contributed by atoms with Gasteiger partial charge in [0.2, 0.25) is 0 Å². The van der Waals surface area contributed by atoms with Crippen molar-refractivity contribution in [1.82, 2.24) is 40.0 Å². The Labute approximate surface area is 295 Å². The SMILES string of the molecule is CN=Cc1c(N)sc2c1[C@@]1(CCC2)CCCc2c(-c3nc(N4CCOCc5[nH]ncc5[C@@H]4C)c4cnn([C@@H](C)C5CCCN5C)c4n3)noc21. The molecule has 0 amide bonds. The van der Waals surface area contributed by atoms with Gasteiger partial charge in [0.1, 0.15) is 5.82 Å². The van der Waals surface area contributed by atoms with Gasteiger partial charge in [0.25, 0.3) is 0 Å². The molecule has 1 unspecified atom stereocenters. The molecule has 0 radical (unpaired) electrons. The summed E-state index contributed by atoms with van der Waals surface area (Å²) in [5, 5.41) is 19.1. The minimum atomic E-state index is -0.292. The highest BCUT2D eigenvalue weighted by atomic mass is 32.1. The van der Waals surface area contributed by atoms with Crippen molar-refractivity contribution >= 4 is 39.4 Å². The van der Waals surface area contributed by atoms with Gasteiger partial charge in [-0.1, -0.05) is 5.16 Å². The topological polar surface area (TPSA) is 152 Å². The van der Waals surface area contributed by atoms with Gasteiger partial charge in [-0.05, 0) is 84.4 Å². The molecule has 2 aliphatic heterocycles. The Hall–Kier alpha value is -4.14. The van der Waals surface area contributed by atoms with E-state index in [0.29, 0.717) is 31.6 Å². The van der Waals surface area contributed by atoms with Crippen LogP contribution in [0.15, 0.2) is 21.9 Å². The predicted molar refractivity (Wildman–Crippen MR) is 194 cm³/mol. The number of aromatic amines is 1. The number of fused-ring (bicyclic) bond motifs is 6. The number of thiophene rings is 1. The van der Waals surface area contributed by atoms with Gasteiger partial charge in [0.05, 0.1) is 59.2 Å². The molecular weight excluding hydrogens is 651 g/mol. The fourth-order valence-corrected chi connectivity index (χ4v) is 10.6. The molecule has 13 nitrogen and oxygen atoms in total. The van der Waals surface area contributed by atoms with Crippen LogP contribution in [0, 0.1) is 0 Å². The smallest absolute Gasteiger partial charge is 0.186 e. The van der Waals surface area contributed by atoms with Crippen molar-refractivity contribution in [3.05, 3.63) is 51.0 Å². The maximum absolute atomic E-state index is 6.62. The van der Waals surface area contributed by atoms with Crippen LogP contribution in [-0.4, -0.2) is 86.1 Å². The minimum absolute atomic E-state index is 0.00167. The van der Waals surface area contributed by atoms with Gasteiger partial charge in [-0.2, -0.15) is 10.2 Å². The quantitative estimate of drug-likeness (QED) is 0.222. The molecule has 4 aliphatic rings. The third-order valence-corrected chi connectivity index (χ3v) is 13.0. The second-order valence-electron chi connectivity index (χ2n) is 14.5. The first-order valence-electron chi connectivity index (χ1n) is 18.0. The highest BCUT2D eigenvalue weighted by molar-refractivity contribution is 7.16. The molecule has 5 aromatic rings. The Morgan fingerprint density at radius 3 is 2.84 bits per heavy atom. The Morgan fingerprint density at radius 2 is 2.02 bits per heavy atom. The van der Waals surface area contributed by atoms with E-state index in [-0.39, 0.29) is 17.5 Å². The van der Waals surface area contributed by atoms with Gasteiger partial charge in [-0.3, -0.25) is 10.1 Å². The second-order valence-corrected chi connectivity index (χ2v) is 15.7. The number of anilines is 2. The van der Waals surface area contributed by atoms with Crippen LogP contribution >= 0.6 is 11.3 Å².